The number of carbonyl (C=O) groups excluding carboxylic acids is 2. The minimum absolute atomic E-state index is 0.00880. The van der Waals surface area contributed by atoms with Gasteiger partial charge in [-0.15, -0.1) is 0 Å². The number of nitrogens with one attached hydrogen (secondary N) is 3. The first-order valence-corrected chi connectivity index (χ1v) is 8.56. The van der Waals surface area contributed by atoms with Gasteiger partial charge in [0.05, 0.1) is 47.7 Å². The zero-order chi connectivity index (χ0) is 19.8. The van der Waals surface area contributed by atoms with Crippen LogP contribution >= 0.6 is 0 Å². The first-order valence-electron chi connectivity index (χ1n) is 8.56. The predicted molar refractivity (Wildman–Crippen MR) is 99.1 cm³/mol. The highest BCUT2D eigenvalue weighted by molar-refractivity contribution is 5.97. The molecule has 0 fully saturated rings. The Labute approximate surface area is 158 Å². The molecule has 0 saturated heterocycles. The number of benzene rings is 1. The van der Waals surface area contributed by atoms with E-state index < -0.39 is 0 Å². The molecule has 1 aromatic carbocycles. The normalized spacial score (nSPS) is 11.7. The largest absolute Gasteiger partial charge is 0.493 e. The van der Waals surface area contributed by atoms with Crippen molar-refractivity contribution in [3.05, 3.63) is 47.9 Å². The van der Waals surface area contributed by atoms with Crippen LogP contribution in [0.4, 0.5) is 0 Å². The standard InChI is InChI=1S/C19H25N3O5/c1-22(2)14(15-6-5-9-27-15)11-20-18(23)12-21-19(24)13-7-8-16(25-3)17(10-13)26-4/h5-10,14H,11-12H2,1-4H3,(H,20,23)(H,21,24)/p+1/t14-/m0/s1. The van der Waals surface area contributed by atoms with Gasteiger partial charge in [-0.3, -0.25) is 9.59 Å². The molecule has 0 radical (unpaired) electrons. The molecule has 1 aromatic heterocycles. The average molecular weight is 376 g/mol. The Morgan fingerprint density at radius 2 is 1.85 bits per heavy atom. The van der Waals surface area contributed by atoms with Crippen molar-refractivity contribution >= 4 is 11.8 Å². The monoisotopic (exact) mass is 376 g/mol. The minimum atomic E-state index is -0.369. The van der Waals surface area contributed by atoms with Crippen LogP contribution in [0.5, 0.6) is 11.5 Å². The molecule has 3 N–H and O–H groups in total. The summed E-state index contributed by atoms with van der Waals surface area (Å²) in [6.07, 6.45) is 1.61. The molecule has 0 spiro atoms. The molecule has 0 unspecified atom stereocenters. The third-order valence-electron chi connectivity index (χ3n) is 4.14. The van der Waals surface area contributed by atoms with Crippen LogP contribution < -0.4 is 25.0 Å². The molecule has 1 atom stereocenters. The number of likely N-dealkylation sites (N-methyl/N-ethyl adjacent to an activating group) is 1. The van der Waals surface area contributed by atoms with Crippen molar-refractivity contribution in [3.8, 4) is 11.5 Å². The Balaban J connectivity index is 1.87. The zero-order valence-corrected chi connectivity index (χ0v) is 16.0. The highest BCUT2D eigenvalue weighted by atomic mass is 16.5. The smallest absolute Gasteiger partial charge is 0.251 e. The molecule has 0 saturated carbocycles. The summed E-state index contributed by atoms with van der Waals surface area (Å²) in [4.78, 5) is 25.5. The second kappa shape index (κ2) is 9.63. The predicted octanol–water partition coefficient (Wildman–Crippen LogP) is 0.0286. The Hall–Kier alpha value is -3.00. The number of quaternary nitrogens is 1. The van der Waals surface area contributed by atoms with Crippen molar-refractivity contribution in [2.45, 2.75) is 6.04 Å². The molecule has 8 nitrogen and oxygen atoms in total. The molecule has 1 heterocycles. The van der Waals surface area contributed by atoms with Gasteiger partial charge in [-0.25, -0.2) is 0 Å². The van der Waals surface area contributed by atoms with Gasteiger partial charge in [0.25, 0.3) is 5.91 Å². The van der Waals surface area contributed by atoms with Crippen LogP contribution in [-0.4, -0.2) is 53.2 Å². The number of hydrogen-bond acceptors (Lipinski definition) is 5. The summed E-state index contributed by atoms with van der Waals surface area (Å²) in [5.74, 6) is 1.13. The number of ether oxygens (including phenoxy) is 2. The van der Waals surface area contributed by atoms with E-state index in [1.807, 2.05) is 26.2 Å². The second-order valence-electron chi connectivity index (χ2n) is 6.20. The quantitative estimate of drug-likeness (QED) is 0.574. The molecule has 2 amide bonds. The second-order valence-corrected chi connectivity index (χ2v) is 6.20. The van der Waals surface area contributed by atoms with Gasteiger partial charge in [0.15, 0.2) is 23.3 Å². The molecule has 27 heavy (non-hydrogen) atoms. The Morgan fingerprint density at radius 3 is 2.44 bits per heavy atom. The van der Waals surface area contributed by atoms with E-state index in [0.29, 0.717) is 23.6 Å². The van der Waals surface area contributed by atoms with E-state index in [1.54, 1.807) is 24.5 Å². The van der Waals surface area contributed by atoms with Gasteiger partial charge in [0.2, 0.25) is 5.91 Å². The van der Waals surface area contributed by atoms with E-state index in [2.05, 4.69) is 10.6 Å². The molecule has 8 heteroatoms. The number of carbonyl (C=O) groups is 2. The van der Waals surface area contributed by atoms with Crippen LogP contribution in [-0.2, 0) is 4.79 Å². The minimum Gasteiger partial charge on any atom is -0.493 e. The van der Waals surface area contributed by atoms with E-state index >= 15 is 0 Å². The summed E-state index contributed by atoms with van der Waals surface area (Å²) in [5.41, 5.74) is 0.381. The van der Waals surface area contributed by atoms with Gasteiger partial charge in [-0.05, 0) is 30.3 Å². The van der Waals surface area contributed by atoms with Crippen molar-refractivity contribution in [1.29, 1.82) is 0 Å². The third kappa shape index (κ3) is 5.49. The number of methoxy groups -OCH3 is 2. The topological polar surface area (TPSA) is 94.2 Å². The fourth-order valence-corrected chi connectivity index (χ4v) is 2.60. The molecule has 0 aliphatic carbocycles. The van der Waals surface area contributed by atoms with E-state index in [1.165, 1.54) is 14.2 Å². The van der Waals surface area contributed by atoms with Crippen LogP contribution in [0.2, 0.25) is 0 Å². The van der Waals surface area contributed by atoms with Gasteiger partial charge in [-0.2, -0.15) is 0 Å². The molecule has 2 rings (SSSR count). The first-order chi connectivity index (χ1) is 13.0. The number of furan rings is 1. The van der Waals surface area contributed by atoms with Crippen molar-refractivity contribution in [2.24, 2.45) is 0 Å². The van der Waals surface area contributed by atoms with E-state index in [0.717, 1.165) is 10.7 Å². The molecular weight excluding hydrogens is 350 g/mol. The molecular formula is C19H26N3O5+. The maximum atomic E-state index is 12.2. The van der Waals surface area contributed by atoms with Crippen molar-refractivity contribution in [3.63, 3.8) is 0 Å². The van der Waals surface area contributed by atoms with Gasteiger partial charge >= 0.3 is 0 Å². The lowest BCUT2D eigenvalue weighted by Gasteiger charge is -2.19. The summed E-state index contributed by atoms with van der Waals surface area (Å²) in [6.45, 7) is 0.279. The third-order valence-corrected chi connectivity index (χ3v) is 4.14. The van der Waals surface area contributed by atoms with Crippen molar-refractivity contribution in [1.82, 2.24) is 10.6 Å². The summed E-state index contributed by atoms with van der Waals surface area (Å²) < 4.78 is 15.7. The maximum Gasteiger partial charge on any atom is 0.251 e. The van der Waals surface area contributed by atoms with Crippen molar-refractivity contribution < 1.29 is 28.4 Å². The Morgan fingerprint density at radius 1 is 1.11 bits per heavy atom. The van der Waals surface area contributed by atoms with Crippen LogP contribution in [0, 0.1) is 0 Å². The van der Waals surface area contributed by atoms with Crippen LogP contribution in [0.25, 0.3) is 0 Å². The van der Waals surface area contributed by atoms with Crippen LogP contribution in [0.1, 0.15) is 22.2 Å². The van der Waals surface area contributed by atoms with E-state index in [-0.39, 0.29) is 24.4 Å². The van der Waals surface area contributed by atoms with Gasteiger partial charge in [-0.1, -0.05) is 0 Å². The van der Waals surface area contributed by atoms with Gasteiger partial charge in [0.1, 0.15) is 0 Å². The maximum absolute atomic E-state index is 12.2. The number of rotatable bonds is 9. The van der Waals surface area contributed by atoms with E-state index in [9.17, 15) is 9.59 Å². The van der Waals surface area contributed by atoms with Gasteiger partial charge in [0, 0.05) is 5.56 Å². The van der Waals surface area contributed by atoms with E-state index in [4.69, 9.17) is 13.9 Å². The summed E-state index contributed by atoms with van der Waals surface area (Å²) in [6, 6.07) is 8.50. The molecule has 0 bridgehead atoms. The fourth-order valence-electron chi connectivity index (χ4n) is 2.60. The summed E-state index contributed by atoms with van der Waals surface area (Å²) in [5, 5.41) is 5.42. The highest BCUT2D eigenvalue weighted by Crippen LogP contribution is 2.27. The van der Waals surface area contributed by atoms with Crippen LogP contribution in [0.15, 0.2) is 41.0 Å². The average Bonchev–Trinajstić information content (AvgIpc) is 3.19. The summed E-state index contributed by atoms with van der Waals surface area (Å²) >= 11 is 0. The number of hydrogen-bond donors (Lipinski definition) is 3. The fraction of sp³-hybridized carbons (Fsp3) is 0.368. The lowest BCUT2D eigenvalue weighted by Crippen LogP contribution is -3.07. The molecule has 0 aliphatic rings. The highest BCUT2D eigenvalue weighted by Gasteiger charge is 2.21. The Kier molecular flexibility index (Phi) is 7.25. The SMILES string of the molecule is COc1ccc(C(=O)NCC(=O)NC[C@@H](c2ccco2)[NH+](C)C)cc1OC. The van der Waals surface area contributed by atoms with Crippen LogP contribution in [0.3, 0.4) is 0 Å². The lowest BCUT2D eigenvalue weighted by atomic mass is 10.2. The Bertz CT molecular complexity index is 759. The molecule has 0 aliphatic heterocycles. The number of amides is 2. The first kappa shape index (κ1) is 20.3. The molecule has 2 aromatic rings. The van der Waals surface area contributed by atoms with Crippen molar-refractivity contribution in [2.75, 3.05) is 41.4 Å². The molecule has 146 valence electrons. The lowest BCUT2D eigenvalue weighted by molar-refractivity contribution is -0.891. The van der Waals surface area contributed by atoms with Gasteiger partial charge < -0.3 is 29.4 Å². The summed E-state index contributed by atoms with van der Waals surface area (Å²) in [7, 11) is 6.99. The zero-order valence-electron chi connectivity index (χ0n) is 16.0.